The van der Waals surface area contributed by atoms with Gasteiger partial charge in [-0.2, -0.15) is 5.10 Å². The predicted octanol–water partition coefficient (Wildman–Crippen LogP) is 8.29. The van der Waals surface area contributed by atoms with E-state index in [2.05, 4.69) is 110 Å². The van der Waals surface area contributed by atoms with Crippen molar-refractivity contribution in [2.45, 2.75) is 19.8 Å². The minimum Gasteiger partial charge on any atom is -0.383 e. The topological polar surface area (TPSA) is 54.0 Å². The van der Waals surface area contributed by atoms with Gasteiger partial charge in [-0.1, -0.05) is 133 Å². The van der Waals surface area contributed by atoms with Crippen molar-refractivity contribution in [2.75, 3.05) is 7.05 Å². The van der Waals surface area contributed by atoms with Crippen LogP contribution in [-0.2, 0) is 6.42 Å². The highest BCUT2D eigenvalue weighted by Gasteiger charge is 2.26. The molecule has 0 amide bonds. The van der Waals surface area contributed by atoms with Crippen LogP contribution in [0.2, 0.25) is 0 Å². The number of fused-ring (bicyclic) bond motifs is 5. The molecule has 4 nitrogen and oxygen atoms in total. The lowest BCUT2D eigenvalue weighted by atomic mass is 9.91. The Morgan fingerprint density at radius 2 is 1.57 bits per heavy atom. The van der Waals surface area contributed by atoms with Crippen LogP contribution >= 0.6 is 0 Å². The molecule has 7 rings (SSSR count). The average molecular weight is 573 g/mol. The zero-order valence-corrected chi connectivity index (χ0v) is 25.2. The van der Waals surface area contributed by atoms with Gasteiger partial charge in [-0.25, -0.2) is 4.99 Å². The first kappa shape index (κ1) is 27.6. The van der Waals surface area contributed by atoms with Crippen molar-refractivity contribution in [3.05, 3.63) is 173 Å². The molecule has 44 heavy (non-hydrogen) atoms. The number of hydrogen-bond donors (Lipinski definition) is 1. The molecule has 0 heterocycles. The van der Waals surface area contributed by atoms with E-state index < -0.39 is 0 Å². The molecule has 216 valence electrons. The van der Waals surface area contributed by atoms with Crippen LogP contribution in [0.5, 0.6) is 0 Å². The number of hydrogen-bond acceptors (Lipinski definition) is 2. The number of allylic oxidation sites excluding steroid dienone is 7. The van der Waals surface area contributed by atoms with Crippen LogP contribution in [0.25, 0.3) is 16.7 Å². The second-order valence-electron chi connectivity index (χ2n) is 11.8. The van der Waals surface area contributed by atoms with Crippen LogP contribution in [-0.4, -0.2) is 23.7 Å². The maximum absolute atomic E-state index is 6.76. The monoisotopic (exact) mass is 572 g/mol. The summed E-state index contributed by atoms with van der Waals surface area (Å²) in [4.78, 5) is 4.99. The molecule has 0 aliphatic heterocycles. The molecule has 4 aromatic rings. The molecule has 3 aliphatic rings. The fraction of sp³-hybridized carbons (Fsp3) is 0.150. The Hall–Kier alpha value is -5.22. The zero-order valence-electron chi connectivity index (χ0n) is 25.2. The summed E-state index contributed by atoms with van der Waals surface area (Å²) < 4.78 is 0. The van der Waals surface area contributed by atoms with E-state index in [0.717, 1.165) is 29.7 Å². The largest absolute Gasteiger partial charge is 0.383 e. The van der Waals surface area contributed by atoms with Crippen LogP contribution in [0.1, 0.15) is 39.8 Å². The quantitative estimate of drug-likeness (QED) is 0.131. The third kappa shape index (κ3) is 5.47. The van der Waals surface area contributed by atoms with Gasteiger partial charge >= 0.3 is 0 Å². The van der Waals surface area contributed by atoms with Crippen molar-refractivity contribution in [3.8, 4) is 11.1 Å². The van der Waals surface area contributed by atoms with Crippen LogP contribution in [0.3, 0.4) is 0 Å². The van der Waals surface area contributed by atoms with E-state index in [9.17, 15) is 0 Å². The van der Waals surface area contributed by atoms with Gasteiger partial charge in [-0.05, 0) is 59.6 Å². The third-order valence-electron chi connectivity index (χ3n) is 8.75. The van der Waals surface area contributed by atoms with Gasteiger partial charge in [0.2, 0.25) is 0 Å². The van der Waals surface area contributed by atoms with Crippen LogP contribution in [0.4, 0.5) is 0 Å². The lowest BCUT2D eigenvalue weighted by molar-refractivity contribution is 0.388. The first-order chi connectivity index (χ1) is 21.5. The smallest absolute Gasteiger partial charge is 0.181 e. The minimum absolute atomic E-state index is 0.186. The molecule has 0 aromatic heterocycles. The summed E-state index contributed by atoms with van der Waals surface area (Å²) in [5.41, 5.74) is 18.5. The second-order valence-corrected chi connectivity index (χ2v) is 11.8. The van der Waals surface area contributed by atoms with Crippen molar-refractivity contribution in [1.82, 2.24) is 5.01 Å². The van der Waals surface area contributed by atoms with E-state index in [1.807, 2.05) is 42.4 Å². The molecule has 0 saturated carbocycles. The maximum Gasteiger partial charge on any atom is 0.181 e. The molecule has 0 radical (unpaired) electrons. The number of benzene rings is 4. The molecule has 2 bridgehead atoms. The number of hydrazone groups is 1. The number of aryl methyl sites for hydroxylation is 1. The van der Waals surface area contributed by atoms with E-state index in [4.69, 9.17) is 15.8 Å². The van der Waals surface area contributed by atoms with Crippen LogP contribution < -0.4 is 5.73 Å². The van der Waals surface area contributed by atoms with Crippen LogP contribution in [0.15, 0.2) is 149 Å². The number of nitrogens with zero attached hydrogens (tertiary/aromatic N) is 3. The van der Waals surface area contributed by atoms with E-state index in [1.54, 1.807) is 0 Å². The fourth-order valence-corrected chi connectivity index (χ4v) is 6.59. The van der Waals surface area contributed by atoms with Crippen molar-refractivity contribution < 1.29 is 0 Å². The van der Waals surface area contributed by atoms with E-state index in [-0.39, 0.29) is 5.92 Å². The van der Waals surface area contributed by atoms with Gasteiger partial charge < -0.3 is 5.73 Å². The molecular weight excluding hydrogens is 536 g/mol. The maximum atomic E-state index is 6.76. The van der Waals surface area contributed by atoms with Gasteiger partial charge in [0, 0.05) is 29.7 Å². The van der Waals surface area contributed by atoms with E-state index in [1.165, 1.54) is 39.0 Å². The Kier molecular flexibility index (Phi) is 7.41. The summed E-state index contributed by atoms with van der Waals surface area (Å²) in [7, 11) is 2.03. The normalized spacial score (nSPS) is 19.0. The summed E-state index contributed by atoms with van der Waals surface area (Å²) in [6.45, 7) is 2.14. The minimum atomic E-state index is 0.186. The van der Waals surface area contributed by atoms with Gasteiger partial charge in [0.25, 0.3) is 0 Å². The van der Waals surface area contributed by atoms with Crippen molar-refractivity contribution >= 4 is 17.2 Å². The SMILES string of the molecule is Cc1cccc(C2=C(N(C)N=C(N=C(N)c3ccc4c(c3)Cc3ccccc3-4)c3ccccc3)C3C=CC=CC(C=C2)C3)c1. The highest BCUT2D eigenvalue weighted by Crippen LogP contribution is 2.38. The molecule has 4 aromatic carbocycles. The van der Waals surface area contributed by atoms with Gasteiger partial charge in [0.1, 0.15) is 5.84 Å². The molecule has 0 fully saturated rings. The summed E-state index contributed by atoms with van der Waals surface area (Å²) in [5, 5.41) is 7.21. The summed E-state index contributed by atoms with van der Waals surface area (Å²) in [5.74, 6) is 1.57. The first-order valence-electron chi connectivity index (χ1n) is 15.3. The van der Waals surface area contributed by atoms with Gasteiger partial charge in [-0.15, -0.1) is 0 Å². The van der Waals surface area contributed by atoms with Gasteiger partial charge in [0.15, 0.2) is 5.84 Å². The van der Waals surface area contributed by atoms with Crippen molar-refractivity contribution in [3.63, 3.8) is 0 Å². The lowest BCUT2D eigenvalue weighted by Gasteiger charge is -2.27. The standard InChI is InChI=1S/C40H36N4/c1-27-11-10-17-30(23-27)37-21-19-28-12-6-7-16-32(24-28)38(37)44(2)43-40(29-13-4-3-5-14-29)42-39(41)33-20-22-36-34(26-33)25-31-15-8-9-18-35(31)36/h3-23,26,28,32H,24-25H2,1-2H3,(H2,41,42,43). The van der Waals surface area contributed by atoms with E-state index >= 15 is 0 Å². The lowest BCUT2D eigenvalue weighted by Crippen LogP contribution is -2.23. The predicted molar refractivity (Wildman–Crippen MR) is 183 cm³/mol. The number of rotatable bonds is 5. The molecule has 3 aliphatic carbocycles. The summed E-state index contributed by atoms with van der Waals surface area (Å²) >= 11 is 0. The Labute approximate surface area is 260 Å². The Morgan fingerprint density at radius 3 is 2.43 bits per heavy atom. The zero-order chi connectivity index (χ0) is 30.0. The fourth-order valence-electron chi connectivity index (χ4n) is 6.59. The molecule has 0 saturated heterocycles. The van der Waals surface area contributed by atoms with Crippen molar-refractivity contribution in [2.24, 2.45) is 27.7 Å². The Morgan fingerprint density at radius 1 is 0.773 bits per heavy atom. The van der Waals surface area contributed by atoms with E-state index in [0.29, 0.717) is 17.6 Å². The summed E-state index contributed by atoms with van der Waals surface area (Å²) in [6.07, 6.45) is 15.4. The molecular formula is C40H36N4. The highest BCUT2D eigenvalue weighted by atomic mass is 15.5. The number of aliphatic imine (C=N–C) groups is 1. The third-order valence-corrected chi connectivity index (χ3v) is 8.75. The Bertz CT molecular complexity index is 1900. The highest BCUT2D eigenvalue weighted by molar-refractivity contribution is 6.11. The molecule has 0 spiro atoms. The molecule has 2 atom stereocenters. The molecule has 2 unspecified atom stereocenters. The summed E-state index contributed by atoms with van der Waals surface area (Å²) in [6, 6.07) is 33.8. The van der Waals surface area contributed by atoms with Crippen LogP contribution in [0, 0.1) is 18.8 Å². The molecule has 4 heteroatoms. The van der Waals surface area contributed by atoms with Crippen molar-refractivity contribution in [1.29, 1.82) is 0 Å². The number of amidine groups is 2. The Balaban J connectivity index is 1.31. The second kappa shape index (κ2) is 11.8. The van der Waals surface area contributed by atoms with Gasteiger partial charge in [-0.3, -0.25) is 5.01 Å². The first-order valence-corrected chi connectivity index (χ1v) is 15.3. The van der Waals surface area contributed by atoms with Gasteiger partial charge in [0.05, 0.1) is 5.70 Å². The average Bonchev–Trinajstić information content (AvgIpc) is 3.15. The molecule has 2 N–H and O–H groups in total. The number of nitrogens with two attached hydrogens (primary N) is 1.